The lowest BCUT2D eigenvalue weighted by Gasteiger charge is -2.27. The number of fused-ring (bicyclic) bond motifs is 4. The fourth-order valence-corrected chi connectivity index (χ4v) is 10.3. The molecule has 1 N–H and O–H groups in total. The molecule has 370 valence electrons. The first kappa shape index (κ1) is 49.3. The number of phenols is 1. The second kappa shape index (κ2) is 17.5. The maximum absolute atomic E-state index is 11.5. The minimum absolute atomic E-state index is 0.00677. The van der Waals surface area contributed by atoms with Crippen molar-refractivity contribution in [1.29, 1.82) is 0 Å². The molecule has 5 heteroatoms. The van der Waals surface area contributed by atoms with E-state index in [9.17, 15) is 5.11 Å². The number of nitrogens with zero attached hydrogens (tertiary/aromatic N) is 4. The Bertz CT molecular complexity index is 3720. The minimum Gasteiger partial charge on any atom is -0.507 e. The fraction of sp³-hybridized carbons (Fsp3) is 0.294. The summed E-state index contributed by atoms with van der Waals surface area (Å²) in [6, 6.07) is 55.2. The quantitative estimate of drug-likeness (QED) is 0.181. The number of benzene rings is 7. The van der Waals surface area contributed by atoms with Crippen molar-refractivity contribution in [1.82, 2.24) is 19.1 Å². The van der Waals surface area contributed by atoms with E-state index >= 15 is 0 Å². The highest BCUT2D eigenvalue weighted by Gasteiger charge is 2.28. The molecule has 0 radical (unpaired) electrons. The largest absolute Gasteiger partial charge is 0.507 e. The molecule has 10 rings (SSSR count). The van der Waals surface area contributed by atoms with Crippen molar-refractivity contribution in [2.24, 2.45) is 0 Å². The maximum atomic E-state index is 11.5. The van der Waals surface area contributed by atoms with Gasteiger partial charge in [-0.1, -0.05) is 165 Å². The summed E-state index contributed by atoms with van der Waals surface area (Å²) >= 11 is 0. The fourth-order valence-electron chi connectivity index (χ4n) is 10.3. The molecule has 7 aromatic carbocycles. The van der Waals surface area contributed by atoms with Crippen molar-refractivity contribution in [2.75, 3.05) is 0 Å². The van der Waals surface area contributed by atoms with Gasteiger partial charge in [-0.3, -0.25) is 9.55 Å². The highest BCUT2D eigenvalue weighted by atomic mass is 16.3. The second-order valence-corrected chi connectivity index (χ2v) is 25.5. The van der Waals surface area contributed by atoms with Gasteiger partial charge in [0.15, 0.2) is 0 Å². The van der Waals surface area contributed by atoms with Gasteiger partial charge in [0.1, 0.15) is 11.6 Å². The Hall–Kier alpha value is -7.24. The smallest absolute Gasteiger partial charge is 0.149 e. The summed E-state index contributed by atoms with van der Waals surface area (Å²) in [7, 11) is 0. The summed E-state index contributed by atoms with van der Waals surface area (Å²) in [6.07, 6.45) is 1.98. The highest BCUT2D eigenvalue weighted by molar-refractivity contribution is 6.14. The van der Waals surface area contributed by atoms with Crippen LogP contribution in [0.5, 0.6) is 5.75 Å². The van der Waals surface area contributed by atoms with Gasteiger partial charge in [0.25, 0.3) is 0 Å². The molecule has 0 amide bonds. The van der Waals surface area contributed by atoms with Crippen LogP contribution in [0.15, 0.2) is 158 Å². The van der Waals surface area contributed by atoms with Crippen LogP contribution < -0.4 is 0 Å². The average molecular weight is 961 g/mol. The Morgan fingerprint density at radius 3 is 1.60 bits per heavy atom. The number of hydrogen-bond acceptors (Lipinski definition) is 3. The lowest BCUT2D eigenvalue weighted by Crippen LogP contribution is -2.17. The van der Waals surface area contributed by atoms with Gasteiger partial charge in [-0.25, -0.2) is 4.98 Å². The van der Waals surface area contributed by atoms with Gasteiger partial charge in [-0.15, -0.1) is 0 Å². The zero-order valence-electron chi connectivity index (χ0n) is 45.7. The van der Waals surface area contributed by atoms with E-state index in [4.69, 9.17) is 9.97 Å². The number of phenolic OH excluding ortho intramolecular Hbond substituents is 1. The van der Waals surface area contributed by atoms with Crippen LogP contribution in [-0.4, -0.2) is 24.2 Å². The first-order valence-corrected chi connectivity index (χ1v) is 26.0. The number of rotatable bonds is 6. The van der Waals surface area contributed by atoms with E-state index in [0.717, 1.165) is 50.4 Å². The molecule has 0 saturated heterocycles. The molecule has 0 aliphatic heterocycles. The van der Waals surface area contributed by atoms with E-state index < -0.39 is 0 Å². The third-order valence-electron chi connectivity index (χ3n) is 14.8. The van der Waals surface area contributed by atoms with Gasteiger partial charge in [0.05, 0.1) is 33.3 Å². The number of aromatic hydroxyl groups is 1. The molecule has 0 fully saturated rings. The standard InChI is InChI=1S/C68H72N4O/c1-64(2,3)45-28-29-58-55(39-45)56-41-49(68(13,14)15)40-54(62(56)71(58)50-22-17-16-18-23-50)42-30-31-69-57(35-42)44-32-43(33-46(34-44)65(4,5)6)52-25-21-26-59-61(52)70-63(53-24-19-20-27-60(53)73)72(59)51-37-47(66(7,8)9)36-48(38-51)67(10,11)12/h16-41,73H,1-15H3. The van der Waals surface area contributed by atoms with Crippen LogP contribution >= 0.6 is 0 Å². The molecule has 0 atom stereocenters. The van der Waals surface area contributed by atoms with Crippen LogP contribution in [0.4, 0.5) is 0 Å². The number of imidazole rings is 1. The van der Waals surface area contributed by atoms with Crippen LogP contribution in [-0.2, 0) is 27.1 Å². The lowest BCUT2D eigenvalue weighted by atomic mass is 9.80. The van der Waals surface area contributed by atoms with E-state index in [0.29, 0.717) is 11.4 Å². The predicted molar refractivity (Wildman–Crippen MR) is 310 cm³/mol. The zero-order chi connectivity index (χ0) is 52.2. The third-order valence-corrected chi connectivity index (χ3v) is 14.8. The van der Waals surface area contributed by atoms with Crippen molar-refractivity contribution in [2.45, 2.75) is 131 Å². The number of hydrogen-bond donors (Lipinski definition) is 1. The molecule has 0 bridgehead atoms. The topological polar surface area (TPSA) is 55.9 Å². The van der Waals surface area contributed by atoms with Crippen molar-refractivity contribution >= 4 is 32.8 Å². The first-order chi connectivity index (χ1) is 34.3. The lowest BCUT2D eigenvalue weighted by molar-refractivity contribution is 0.477. The van der Waals surface area contributed by atoms with E-state index in [1.807, 2.05) is 24.4 Å². The number of aromatic nitrogens is 4. The summed E-state index contributed by atoms with van der Waals surface area (Å²) in [5.41, 5.74) is 19.2. The SMILES string of the molecule is CC(C)(C)c1cc(-c2cc(-c3cc(C(C)(C)C)cc4c5cc(C(C)(C)C)ccc5n(-c5ccccc5)c34)ccn2)cc(-c2cccc3c2nc(-c2ccccc2O)n3-c2cc(C(C)(C)C)cc(C(C)(C)C)c2)c1. The molecule has 0 aliphatic carbocycles. The number of para-hydroxylation sites is 3. The highest BCUT2D eigenvalue weighted by Crippen LogP contribution is 2.45. The average Bonchev–Trinajstić information content (AvgIpc) is 3.89. The van der Waals surface area contributed by atoms with Crippen molar-refractivity contribution in [3.63, 3.8) is 0 Å². The molecular weight excluding hydrogens is 889 g/mol. The molecule has 0 saturated carbocycles. The normalized spacial score (nSPS) is 12.9. The third kappa shape index (κ3) is 9.17. The Kier molecular flexibility index (Phi) is 11.8. The molecular formula is C68H72N4O. The summed E-state index contributed by atoms with van der Waals surface area (Å²) < 4.78 is 4.72. The monoisotopic (exact) mass is 961 g/mol. The van der Waals surface area contributed by atoms with Crippen molar-refractivity contribution < 1.29 is 5.11 Å². The maximum Gasteiger partial charge on any atom is 0.149 e. The van der Waals surface area contributed by atoms with Crippen LogP contribution in [0, 0.1) is 0 Å². The molecule has 5 nitrogen and oxygen atoms in total. The summed E-state index contributed by atoms with van der Waals surface area (Å²) in [6.45, 7) is 34.3. The molecule has 3 aromatic heterocycles. The van der Waals surface area contributed by atoms with Gasteiger partial charge in [0.2, 0.25) is 0 Å². The van der Waals surface area contributed by atoms with Crippen LogP contribution in [0.2, 0.25) is 0 Å². The molecule has 73 heavy (non-hydrogen) atoms. The van der Waals surface area contributed by atoms with Gasteiger partial charge < -0.3 is 9.67 Å². The molecule has 0 spiro atoms. The Morgan fingerprint density at radius 1 is 0.384 bits per heavy atom. The van der Waals surface area contributed by atoms with E-state index in [1.165, 1.54) is 55.2 Å². The van der Waals surface area contributed by atoms with Crippen LogP contribution in [0.1, 0.15) is 132 Å². The summed E-state index contributed by atoms with van der Waals surface area (Å²) in [5, 5.41) is 14.0. The van der Waals surface area contributed by atoms with Gasteiger partial charge in [0, 0.05) is 45.0 Å². The number of pyridine rings is 1. The van der Waals surface area contributed by atoms with Crippen molar-refractivity contribution in [3.05, 3.63) is 186 Å². The minimum atomic E-state index is -0.177. The Morgan fingerprint density at radius 2 is 0.959 bits per heavy atom. The predicted octanol–water partition coefficient (Wildman–Crippen LogP) is 18.4. The molecule has 0 aliphatic rings. The molecule has 3 heterocycles. The first-order valence-electron chi connectivity index (χ1n) is 26.0. The summed E-state index contributed by atoms with van der Waals surface area (Å²) in [4.78, 5) is 10.7. The summed E-state index contributed by atoms with van der Waals surface area (Å²) in [5.74, 6) is 0.884. The van der Waals surface area contributed by atoms with Crippen molar-refractivity contribution in [3.8, 4) is 62.0 Å². The van der Waals surface area contributed by atoms with E-state index in [1.54, 1.807) is 6.07 Å². The second-order valence-electron chi connectivity index (χ2n) is 25.5. The van der Waals surface area contributed by atoms with Gasteiger partial charge in [-0.05, 0) is 157 Å². The molecule has 10 aromatic rings. The zero-order valence-corrected chi connectivity index (χ0v) is 45.7. The van der Waals surface area contributed by atoms with E-state index in [2.05, 4.69) is 240 Å². The van der Waals surface area contributed by atoms with Gasteiger partial charge >= 0.3 is 0 Å². The van der Waals surface area contributed by atoms with Gasteiger partial charge in [-0.2, -0.15) is 0 Å². The molecule has 0 unspecified atom stereocenters. The van der Waals surface area contributed by atoms with E-state index in [-0.39, 0.29) is 32.8 Å². The Labute approximate surface area is 433 Å². The Balaban J connectivity index is 1.22. The van der Waals surface area contributed by atoms with Crippen LogP contribution in [0.25, 0.3) is 89.1 Å². The van der Waals surface area contributed by atoms with Crippen LogP contribution in [0.3, 0.4) is 0 Å².